The average molecular weight is 365 g/mol. The molecule has 24 heavy (non-hydrogen) atoms. The van der Waals surface area contributed by atoms with Gasteiger partial charge in [0.05, 0.1) is 12.3 Å². The Balaban J connectivity index is 1.59. The van der Waals surface area contributed by atoms with Gasteiger partial charge in [-0.2, -0.15) is 0 Å². The van der Waals surface area contributed by atoms with Gasteiger partial charge in [-0.15, -0.1) is 21.5 Å². The molecule has 0 atom stereocenters. The molecule has 3 rings (SSSR count). The fourth-order valence-corrected chi connectivity index (χ4v) is 4.92. The molecule has 2 aromatic rings. The number of aryl methyl sites for hydroxylation is 1. The van der Waals surface area contributed by atoms with E-state index in [0.29, 0.717) is 18.3 Å². The molecule has 7 heteroatoms. The minimum atomic E-state index is 0.129. The van der Waals surface area contributed by atoms with Crippen molar-refractivity contribution in [2.45, 2.75) is 56.8 Å². The Kier molecular flexibility index (Phi) is 5.94. The van der Waals surface area contributed by atoms with Gasteiger partial charge in [0.1, 0.15) is 5.82 Å². The third-order valence-corrected chi connectivity index (χ3v) is 6.29. The number of hydrogen-bond acceptors (Lipinski definition) is 5. The molecule has 0 spiro atoms. The van der Waals surface area contributed by atoms with E-state index in [2.05, 4.69) is 20.8 Å². The molecule has 5 nitrogen and oxygen atoms in total. The second-order valence-electron chi connectivity index (χ2n) is 6.31. The van der Waals surface area contributed by atoms with E-state index in [1.807, 2.05) is 25.4 Å². The summed E-state index contributed by atoms with van der Waals surface area (Å²) in [5.74, 6) is 1.50. The van der Waals surface area contributed by atoms with Crippen LogP contribution < -0.4 is 0 Å². The van der Waals surface area contributed by atoms with Gasteiger partial charge < -0.3 is 9.47 Å². The predicted molar refractivity (Wildman–Crippen MR) is 98.4 cm³/mol. The lowest BCUT2D eigenvalue weighted by Crippen LogP contribution is -2.27. The summed E-state index contributed by atoms with van der Waals surface area (Å²) >= 11 is 3.19. The van der Waals surface area contributed by atoms with Crippen LogP contribution in [0.5, 0.6) is 0 Å². The maximum absolute atomic E-state index is 12.4. The van der Waals surface area contributed by atoms with Gasteiger partial charge in [-0.25, -0.2) is 0 Å². The van der Waals surface area contributed by atoms with Crippen LogP contribution >= 0.6 is 23.1 Å². The molecule has 1 amide bonds. The van der Waals surface area contributed by atoms with E-state index >= 15 is 0 Å². The number of carbonyl (C=O) groups excluding carboxylic acids is 1. The summed E-state index contributed by atoms with van der Waals surface area (Å²) in [5.41, 5.74) is 0. The topological polar surface area (TPSA) is 51.0 Å². The summed E-state index contributed by atoms with van der Waals surface area (Å²) < 4.78 is 2.25. The number of aromatic nitrogens is 3. The Labute approximate surface area is 151 Å². The van der Waals surface area contributed by atoms with Crippen LogP contribution in [0.15, 0.2) is 22.7 Å². The van der Waals surface area contributed by atoms with Crippen molar-refractivity contribution in [3.8, 4) is 0 Å². The van der Waals surface area contributed by atoms with Crippen LogP contribution in [0, 0.1) is 6.92 Å². The summed E-state index contributed by atoms with van der Waals surface area (Å²) in [6.07, 6.45) is 6.26. The second kappa shape index (κ2) is 8.16. The Morgan fingerprint density at radius 1 is 1.38 bits per heavy atom. The largest absolute Gasteiger partial charge is 0.340 e. The van der Waals surface area contributed by atoms with Gasteiger partial charge in [0.25, 0.3) is 0 Å². The average Bonchev–Trinajstić information content (AvgIpc) is 3.23. The third-order valence-electron chi connectivity index (χ3n) is 4.50. The fraction of sp³-hybridized carbons (Fsp3) is 0.588. The molecule has 0 bridgehead atoms. The van der Waals surface area contributed by atoms with Gasteiger partial charge in [0, 0.05) is 18.0 Å². The van der Waals surface area contributed by atoms with Crippen molar-refractivity contribution < 1.29 is 4.79 Å². The standard InChI is InChI=1S/C17H24N4OS2/c1-13-18-19-17(21(13)14-7-4-3-5-8-14)24-12-16(22)20(2)11-15-9-6-10-23-15/h6,9-10,14H,3-5,7-8,11-12H2,1-2H3. The lowest BCUT2D eigenvalue weighted by molar-refractivity contribution is -0.127. The summed E-state index contributed by atoms with van der Waals surface area (Å²) in [7, 11) is 1.86. The summed E-state index contributed by atoms with van der Waals surface area (Å²) in [5, 5.41) is 11.5. The zero-order valence-electron chi connectivity index (χ0n) is 14.3. The van der Waals surface area contributed by atoms with E-state index < -0.39 is 0 Å². The highest BCUT2D eigenvalue weighted by Gasteiger charge is 2.22. The van der Waals surface area contributed by atoms with Crippen molar-refractivity contribution >= 4 is 29.0 Å². The molecule has 2 heterocycles. The monoisotopic (exact) mass is 364 g/mol. The molecule has 0 aromatic carbocycles. The Bertz CT molecular complexity index is 662. The molecule has 0 N–H and O–H groups in total. The third kappa shape index (κ3) is 4.19. The number of thioether (sulfide) groups is 1. The quantitative estimate of drug-likeness (QED) is 0.730. The minimum absolute atomic E-state index is 0.129. The van der Waals surface area contributed by atoms with Crippen LogP contribution in [-0.2, 0) is 11.3 Å². The van der Waals surface area contributed by atoms with E-state index in [-0.39, 0.29) is 5.91 Å². The van der Waals surface area contributed by atoms with Crippen molar-refractivity contribution in [1.29, 1.82) is 0 Å². The fourth-order valence-electron chi connectivity index (χ4n) is 3.17. The lowest BCUT2D eigenvalue weighted by Gasteiger charge is -2.25. The first-order valence-electron chi connectivity index (χ1n) is 8.46. The first kappa shape index (κ1) is 17.5. The molecule has 1 saturated carbocycles. The zero-order valence-corrected chi connectivity index (χ0v) is 15.9. The van der Waals surface area contributed by atoms with E-state index in [9.17, 15) is 4.79 Å². The van der Waals surface area contributed by atoms with Crippen molar-refractivity contribution in [2.24, 2.45) is 0 Å². The van der Waals surface area contributed by atoms with Crippen LogP contribution in [0.1, 0.15) is 48.8 Å². The molecule has 0 radical (unpaired) electrons. The maximum Gasteiger partial charge on any atom is 0.233 e. The molecule has 0 saturated heterocycles. The molecule has 2 aromatic heterocycles. The van der Waals surface area contributed by atoms with Crippen LogP contribution in [0.2, 0.25) is 0 Å². The number of carbonyl (C=O) groups is 1. The maximum atomic E-state index is 12.4. The highest BCUT2D eigenvalue weighted by atomic mass is 32.2. The number of hydrogen-bond donors (Lipinski definition) is 0. The van der Waals surface area contributed by atoms with E-state index in [1.54, 1.807) is 16.2 Å². The normalized spacial score (nSPS) is 15.6. The van der Waals surface area contributed by atoms with Gasteiger partial charge in [0.2, 0.25) is 5.91 Å². The minimum Gasteiger partial charge on any atom is -0.340 e. The Hall–Kier alpha value is -1.34. The van der Waals surface area contributed by atoms with Gasteiger partial charge in [0.15, 0.2) is 5.16 Å². The second-order valence-corrected chi connectivity index (χ2v) is 8.28. The Morgan fingerprint density at radius 2 is 2.17 bits per heavy atom. The first-order chi connectivity index (χ1) is 11.6. The highest BCUT2D eigenvalue weighted by Crippen LogP contribution is 2.32. The van der Waals surface area contributed by atoms with Gasteiger partial charge in [-0.05, 0) is 31.2 Å². The molecule has 1 fully saturated rings. The van der Waals surface area contributed by atoms with Crippen LogP contribution in [0.3, 0.4) is 0 Å². The molecule has 1 aliphatic carbocycles. The van der Waals surface area contributed by atoms with Crippen molar-refractivity contribution in [3.63, 3.8) is 0 Å². The Morgan fingerprint density at radius 3 is 2.88 bits per heavy atom. The molecule has 1 aliphatic rings. The van der Waals surface area contributed by atoms with Crippen molar-refractivity contribution in [3.05, 3.63) is 28.2 Å². The number of thiophene rings is 1. The van der Waals surface area contributed by atoms with E-state index in [1.165, 1.54) is 48.7 Å². The SMILES string of the molecule is Cc1nnc(SCC(=O)N(C)Cc2cccs2)n1C1CCCCC1. The van der Waals surface area contributed by atoms with Crippen molar-refractivity contribution in [1.82, 2.24) is 19.7 Å². The van der Waals surface area contributed by atoms with Crippen LogP contribution in [0.25, 0.3) is 0 Å². The lowest BCUT2D eigenvalue weighted by atomic mass is 9.95. The first-order valence-corrected chi connectivity index (χ1v) is 10.3. The molecule has 0 aliphatic heterocycles. The number of amides is 1. The summed E-state index contributed by atoms with van der Waals surface area (Å²) in [4.78, 5) is 15.4. The highest BCUT2D eigenvalue weighted by molar-refractivity contribution is 7.99. The van der Waals surface area contributed by atoms with Crippen LogP contribution in [0.4, 0.5) is 0 Å². The van der Waals surface area contributed by atoms with Crippen LogP contribution in [-0.4, -0.2) is 38.4 Å². The molecule has 130 valence electrons. The summed E-state index contributed by atoms with van der Waals surface area (Å²) in [6, 6.07) is 4.57. The smallest absolute Gasteiger partial charge is 0.233 e. The predicted octanol–water partition coefficient (Wildman–Crippen LogP) is 3.90. The number of nitrogens with zero attached hydrogens (tertiary/aromatic N) is 4. The van der Waals surface area contributed by atoms with Gasteiger partial charge >= 0.3 is 0 Å². The van der Waals surface area contributed by atoms with Gasteiger partial charge in [-0.3, -0.25) is 4.79 Å². The number of rotatable bonds is 6. The molecular formula is C17H24N4OS2. The van der Waals surface area contributed by atoms with E-state index in [4.69, 9.17) is 0 Å². The van der Waals surface area contributed by atoms with E-state index in [0.717, 1.165) is 11.0 Å². The zero-order chi connectivity index (χ0) is 16.9. The van der Waals surface area contributed by atoms with Crippen molar-refractivity contribution in [2.75, 3.05) is 12.8 Å². The summed E-state index contributed by atoms with van der Waals surface area (Å²) in [6.45, 7) is 2.68. The van der Waals surface area contributed by atoms with Gasteiger partial charge in [-0.1, -0.05) is 37.1 Å². The molecular weight excluding hydrogens is 340 g/mol. The molecule has 0 unspecified atom stereocenters.